The molecule has 0 bridgehead atoms. The Hall–Kier alpha value is -0.910. The van der Waals surface area contributed by atoms with Crippen molar-refractivity contribution in [3.05, 3.63) is 0 Å². The number of hydrogen-bond acceptors (Lipinski definition) is 3. The minimum atomic E-state index is -1.05. The van der Waals surface area contributed by atoms with Crippen molar-refractivity contribution in [2.75, 3.05) is 19.3 Å². The number of carboxylic acid groups (broad SMARTS) is 1. The third-order valence-electron chi connectivity index (χ3n) is 3.58. The van der Waals surface area contributed by atoms with Gasteiger partial charge in [0.1, 0.15) is 5.54 Å². The van der Waals surface area contributed by atoms with Gasteiger partial charge >= 0.3 is 12.0 Å². The molecule has 6 heteroatoms. The van der Waals surface area contributed by atoms with Gasteiger partial charge in [0.05, 0.1) is 0 Å². The number of carbonyl (C=O) groups is 2. The first kappa shape index (κ1) is 15.1. The zero-order valence-corrected chi connectivity index (χ0v) is 12.0. The van der Waals surface area contributed by atoms with Crippen molar-refractivity contribution >= 4 is 23.8 Å². The van der Waals surface area contributed by atoms with Crippen LogP contribution in [0.25, 0.3) is 0 Å². The number of nitrogens with zero attached hydrogens (tertiary/aromatic N) is 1. The number of carboxylic acids is 1. The van der Waals surface area contributed by atoms with Crippen molar-refractivity contribution in [2.45, 2.75) is 43.9 Å². The normalized spacial score (nSPS) is 24.9. The molecule has 0 aromatic heterocycles. The minimum Gasteiger partial charge on any atom is -0.480 e. The van der Waals surface area contributed by atoms with Crippen LogP contribution < -0.4 is 5.32 Å². The second kappa shape index (κ2) is 6.31. The molecule has 1 rings (SSSR count). The average Bonchev–Trinajstić information content (AvgIpc) is 2.72. The molecule has 0 aliphatic carbocycles. The van der Waals surface area contributed by atoms with E-state index in [9.17, 15) is 14.7 Å². The fourth-order valence-corrected chi connectivity index (χ4v) is 2.46. The smallest absolute Gasteiger partial charge is 0.329 e. The maximum absolute atomic E-state index is 12.0. The SMILES string of the molecule is CSC(C)CCNC(=O)N1CCCC1(C)C(=O)O. The molecule has 0 saturated carbocycles. The lowest BCUT2D eigenvalue weighted by atomic mass is 10.00. The third-order valence-corrected chi connectivity index (χ3v) is 4.62. The molecule has 1 aliphatic rings. The maximum Gasteiger partial charge on any atom is 0.329 e. The summed E-state index contributed by atoms with van der Waals surface area (Å²) >= 11 is 1.75. The molecule has 0 aromatic carbocycles. The first-order valence-corrected chi connectivity index (χ1v) is 7.52. The maximum atomic E-state index is 12.0. The number of urea groups is 1. The number of aliphatic carboxylic acids is 1. The number of hydrogen-bond donors (Lipinski definition) is 2. The van der Waals surface area contributed by atoms with Crippen molar-refractivity contribution in [3.8, 4) is 0 Å². The Labute approximate surface area is 112 Å². The molecule has 2 amide bonds. The van der Waals surface area contributed by atoms with Crippen LogP contribution in [0.15, 0.2) is 0 Å². The topological polar surface area (TPSA) is 69.6 Å². The molecule has 1 fully saturated rings. The Morgan fingerprint density at radius 2 is 2.22 bits per heavy atom. The van der Waals surface area contributed by atoms with Crippen LogP contribution in [-0.2, 0) is 4.79 Å². The molecule has 1 saturated heterocycles. The monoisotopic (exact) mass is 274 g/mol. The molecule has 0 aromatic rings. The lowest BCUT2D eigenvalue weighted by Gasteiger charge is -2.31. The zero-order valence-electron chi connectivity index (χ0n) is 11.2. The molecule has 1 heterocycles. The highest BCUT2D eigenvalue weighted by Crippen LogP contribution is 2.29. The summed E-state index contributed by atoms with van der Waals surface area (Å²) in [6.07, 6.45) is 4.20. The summed E-state index contributed by atoms with van der Waals surface area (Å²) in [4.78, 5) is 24.7. The second-order valence-electron chi connectivity index (χ2n) is 4.90. The second-order valence-corrected chi connectivity index (χ2v) is 6.18. The summed E-state index contributed by atoms with van der Waals surface area (Å²) in [5, 5.41) is 12.5. The fraction of sp³-hybridized carbons (Fsp3) is 0.833. The van der Waals surface area contributed by atoms with Gasteiger partial charge in [0.25, 0.3) is 0 Å². The number of rotatable bonds is 5. The minimum absolute atomic E-state index is 0.259. The Kier molecular flexibility index (Phi) is 5.31. The van der Waals surface area contributed by atoms with E-state index >= 15 is 0 Å². The van der Waals surface area contributed by atoms with Crippen molar-refractivity contribution in [2.24, 2.45) is 0 Å². The van der Waals surface area contributed by atoms with Crippen LogP contribution in [0.4, 0.5) is 4.79 Å². The first-order chi connectivity index (χ1) is 8.41. The van der Waals surface area contributed by atoms with Crippen LogP contribution in [0.1, 0.15) is 33.1 Å². The van der Waals surface area contributed by atoms with E-state index in [2.05, 4.69) is 12.2 Å². The Morgan fingerprint density at radius 1 is 1.56 bits per heavy atom. The van der Waals surface area contributed by atoms with E-state index in [-0.39, 0.29) is 6.03 Å². The van der Waals surface area contributed by atoms with E-state index < -0.39 is 11.5 Å². The van der Waals surface area contributed by atoms with Crippen LogP contribution >= 0.6 is 11.8 Å². The van der Waals surface area contributed by atoms with Gasteiger partial charge in [-0.25, -0.2) is 9.59 Å². The van der Waals surface area contributed by atoms with Gasteiger partial charge in [-0.2, -0.15) is 11.8 Å². The standard InChI is InChI=1S/C12H22N2O3S/c1-9(18-3)5-7-13-11(17)14-8-4-6-12(14,2)10(15)16/h9H,4-8H2,1-3H3,(H,13,17)(H,15,16). The van der Waals surface area contributed by atoms with Crippen LogP contribution in [-0.4, -0.2) is 52.1 Å². The molecular weight excluding hydrogens is 252 g/mol. The highest BCUT2D eigenvalue weighted by atomic mass is 32.2. The molecule has 1 aliphatic heterocycles. The van der Waals surface area contributed by atoms with Gasteiger partial charge in [0.2, 0.25) is 0 Å². The van der Waals surface area contributed by atoms with E-state index in [1.165, 1.54) is 4.90 Å². The van der Waals surface area contributed by atoms with Gasteiger partial charge in [-0.1, -0.05) is 6.92 Å². The zero-order chi connectivity index (χ0) is 13.8. The lowest BCUT2D eigenvalue weighted by Crippen LogP contribution is -2.54. The average molecular weight is 274 g/mol. The summed E-state index contributed by atoms with van der Waals surface area (Å²) < 4.78 is 0. The van der Waals surface area contributed by atoms with E-state index in [0.717, 1.165) is 12.8 Å². The third kappa shape index (κ3) is 3.31. The Balaban J connectivity index is 2.49. The first-order valence-electron chi connectivity index (χ1n) is 6.23. The van der Waals surface area contributed by atoms with Crippen LogP contribution in [0.3, 0.4) is 0 Å². The summed E-state index contributed by atoms with van der Waals surface area (Å²) in [7, 11) is 0. The van der Waals surface area contributed by atoms with Crippen molar-refractivity contribution < 1.29 is 14.7 Å². The van der Waals surface area contributed by atoms with E-state index in [1.54, 1.807) is 18.7 Å². The van der Waals surface area contributed by atoms with Crippen molar-refractivity contribution in [1.82, 2.24) is 10.2 Å². The molecule has 104 valence electrons. The molecule has 0 radical (unpaired) electrons. The van der Waals surface area contributed by atoms with Gasteiger partial charge in [-0.3, -0.25) is 0 Å². The van der Waals surface area contributed by atoms with Gasteiger partial charge < -0.3 is 15.3 Å². The quantitative estimate of drug-likeness (QED) is 0.801. The Bertz CT molecular complexity index is 324. The predicted octanol–water partition coefficient (Wildman–Crippen LogP) is 1.78. The molecule has 2 N–H and O–H groups in total. The molecule has 0 spiro atoms. The molecule has 18 heavy (non-hydrogen) atoms. The highest BCUT2D eigenvalue weighted by molar-refractivity contribution is 7.99. The largest absolute Gasteiger partial charge is 0.480 e. The van der Waals surface area contributed by atoms with Gasteiger partial charge in [-0.05, 0) is 32.4 Å². The molecule has 2 atom stereocenters. The summed E-state index contributed by atoms with van der Waals surface area (Å²) in [5.74, 6) is -0.923. The van der Waals surface area contributed by atoms with E-state index in [1.807, 2.05) is 6.26 Å². The van der Waals surface area contributed by atoms with Gasteiger partial charge in [0.15, 0.2) is 0 Å². The number of nitrogens with one attached hydrogen (secondary N) is 1. The summed E-state index contributed by atoms with van der Waals surface area (Å²) in [5.41, 5.74) is -1.05. The highest BCUT2D eigenvalue weighted by Gasteiger charge is 2.45. The number of likely N-dealkylation sites (tertiary alicyclic amines) is 1. The number of thioether (sulfide) groups is 1. The van der Waals surface area contributed by atoms with Crippen molar-refractivity contribution in [3.63, 3.8) is 0 Å². The summed E-state index contributed by atoms with van der Waals surface area (Å²) in [6.45, 7) is 4.83. The van der Waals surface area contributed by atoms with E-state index in [0.29, 0.717) is 24.8 Å². The molecule has 5 nitrogen and oxygen atoms in total. The van der Waals surface area contributed by atoms with Crippen LogP contribution in [0.2, 0.25) is 0 Å². The lowest BCUT2D eigenvalue weighted by molar-refractivity contribution is -0.147. The van der Waals surface area contributed by atoms with Crippen molar-refractivity contribution in [1.29, 1.82) is 0 Å². The van der Waals surface area contributed by atoms with Gasteiger partial charge in [0, 0.05) is 18.3 Å². The fourth-order valence-electron chi connectivity index (χ4n) is 2.11. The Morgan fingerprint density at radius 3 is 2.78 bits per heavy atom. The molecular formula is C12H22N2O3S. The van der Waals surface area contributed by atoms with Crippen LogP contribution in [0, 0.1) is 0 Å². The van der Waals surface area contributed by atoms with E-state index in [4.69, 9.17) is 0 Å². The number of carbonyl (C=O) groups excluding carboxylic acids is 1. The van der Waals surface area contributed by atoms with Gasteiger partial charge in [-0.15, -0.1) is 0 Å². The predicted molar refractivity (Wildman–Crippen MR) is 73.0 cm³/mol. The van der Waals surface area contributed by atoms with Crippen LogP contribution in [0.5, 0.6) is 0 Å². The number of amides is 2. The molecule has 2 unspecified atom stereocenters. The summed E-state index contributed by atoms with van der Waals surface area (Å²) in [6, 6.07) is -0.259.